The second-order valence-corrected chi connectivity index (χ2v) is 6.56. The van der Waals surface area contributed by atoms with E-state index < -0.39 is 17.5 Å². The van der Waals surface area contributed by atoms with E-state index in [1.54, 1.807) is 50.4 Å². The molecule has 1 N–H and O–H groups in total. The number of anilines is 1. The molecular formula is C20H22FNO5. The van der Waals surface area contributed by atoms with Crippen LogP contribution >= 0.6 is 0 Å². The molecule has 3 rings (SSSR count). The largest absolute Gasteiger partial charge is 0.493 e. The van der Waals surface area contributed by atoms with Crippen molar-refractivity contribution >= 4 is 11.6 Å². The van der Waals surface area contributed by atoms with Crippen LogP contribution in [0.4, 0.5) is 10.1 Å². The third-order valence-electron chi connectivity index (χ3n) is 4.46. The Bertz CT molecular complexity index is 818. The van der Waals surface area contributed by atoms with Crippen molar-refractivity contribution in [1.29, 1.82) is 0 Å². The summed E-state index contributed by atoms with van der Waals surface area (Å²) in [5.74, 6) is 0.414. The molecule has 0 spiro atoms. The Labute approximate surface area is 157 Å². The van der Waals surface area contributed by atoms with Gasteiger partial charge in [0.2, 0.25) is 5.91 Å². The van der Waals surface area contributed by atoms with Crippen molar-refractivity contribution in [2.75, 3.05) is 32.8 Å². The van der Waals surface area contributed by atoms with Gasteiger partial charge in [0.1, 0.15) is 5.82 Å². The molecule has 1 heterocycles. The smallest absolute Gasteiger partial charge is 0.235 e. The summed E-state index contributed by atoms with van der Waals surface area (Å²) < 4.78 is 35.6. The maximum atomic E-state index is 13.9. The standard InChI is InChI=1S/C20H22FNO5/c1-20(11-26-18(27-12-20)14-6-4-5-7-15(14)21)19(23)22-13-8-9-16(24-2)17(10-13)25-3/h4-10,18H,11-12H2,1-3H3,(H,22,23). The molecule has 0 unspecified atom stereocenters. The molecule has 1 saturated heterocycles. The lowest BCUT2D eigenvalue weighted by atomic mass is 9.90. The van der Waals surface area contributed by atoms with Crippen LogP contribution in [-0.4, -0.2) is 33.3 Å². The van der Waals surface area contributed by atoms with Crippen LogP contribution < -0.4 is 14.8 Å². The predicted octanol–water partition coefficient (Wildman–Crippen LogP) is 3.53. The second kappa shape index (κ2) is 7.94. The fourth-order valence-corrected chi connectivity index (χ4v) is 2.78. The summed E-state index contributed by atoms with van der Waals surface area (Å²) in [5.41, 5.74) is -0.0236. The molecular weight excluding hydrogens is 353 g/mol. The van der Waals surface area contributed by atoms with Crippen molar-refractivity contribution in [3.8, 4) is 11.5 Å². The number of halogens is 1. The molecule has 6 nitrogen and oxygen atoms in total. The molecule has 144 valence electrons. The van der Waals surface area contributed by atoms with Crippen molar-refractivity contribution < 1.29 is 28.1 Å². The summed E-state index contributed by atoms with van der Waals surface area (Å²) in [6, 6.07) is 11.4. The number of carbonyl (C=O) groups excluding carboxylic acids is 1. The minimum absolute atomic E-state index is 0.102. The molecule has 0 aromatic heterocycles. The van der Waals surface area contributed by atoms with Crippen LogP contribution in [0, 0.1) is 11.2 Å². The average Bonchev–Trinajstić information content (AvgIpc) is 2.69. The first-order valence-electron chi connectivity index (χ1n) is 8.48. The minimum Gasteiger partial charge on any atom is -0.493 e. The van der Waals surface area contributed by atoms with Crippen LogP contribution in [0.5, 0.6) is 11.5 Å². The first-order chi connectivity index (χ1) is 13.0. The quantitative estimate of drug-likeness (QED) is 0.866. The molecule has 1 aliphatic rings. The summed E-state index contributed by atoms with van der Waals surface area (Å²) in [7, 11) is 3.07. The Balaban J connectivity index is 1.66. The Morgan fingerprint density at radius 2 is 1.78 bits per heavy atom. The summed E-state index contributed by atoms with van der Waals surface area (Å²) in [6.45, 7) is 1.94. The lowest BCUT2D eigenvalue weighted by Crippen LogP contribution is -2.45. The van der Waals surface area contributed by atoms with E-state index in [9.17, 15) is 9.18 Å². The van der Waals surface area contributed by atoms with Crippen LogP contribution in [-0.2, 0) is 14.3 Å². The van der Waals surface area contributed by atoms with Gasteiger partial charge >= 0.3 is 0 Å². The highest BCUT2D eigenvalue weighted by molar-refractivity contribution is 5.95. The van der Waals surface area contributed by atoms with E-state index in [1.165, 1.54) is 13.2 Å². The maximum Gasteiger partial charge on any atom is 0.235 e. The van der Waals surface area contributed by atoms with E-state index in [4.69, 9.17) is 18.9 Å². The third-order valence-corrected chi connectivity index (χ3v) is 4.46. The topological polar surface area (TPSA) is 66.0 Å². The van der Waals surface area contributed by atoms with Crippen LogP contribution in [0.3, 0.4) is 0 Å². The molecule has 1 fully saturated rings. The van der Waals surface area contributed by atoms with Gasteiger partial charge in [0.15, 0.2) is 17.8 Å². The number of carbonyl (C=O) groups is 1. The van der Waals surface area contributed by atoms with Gasteiger partial charge in [-0.2, -0.15) is 0 Å². The van der Waals surface area contributed by atoms with Crippen molar-refractivity contribution in [1.82, 2.24) is 0 Å². The molecule has 0 bridgehead atoms. The molecule has 2 aromatic rings. The summed E-state index contributed by atoms with van der Waals surface area (Å²) in [4.78, 5) is 12.7. The maximum absolute atomic E-state index is 13.9. The van der Waals surface area contributed by atoms with Gasteiger partial charge in [-0.3, -0.25) is 4.79 Å². The molecule has 0 saturated carbocycles. The second-order valence-electron chi connectivity index (χ2n) is 6.56. The third kappa shape index (κ3) is 4.04. The van der Waals surface area contributed by atoms with Gasteiger partial charge in [-0.1, -0.05) is 18.2 Å². The van der Waals surface area contributed by atoms with E-state index in [0.29, 0.717) is 22.7 Å². The number of ether oxygens (including phenoxy) is 4. The number of nitrogens with one attached hydrogen (secondary N) is 1. The first kappa shape index (κ1) is 19.1. The monoisotopic (exact) mass is 375 g/mol. The number of hydrogen-bond donors (Lipinski definition) is 1. The zero-order chi connectivity index (χ0) is 19.4. The van der Waals surface area contributed by atoms with E-state index in [-0.39, 0.29) is 19.1 Å². The van der Waals surface area contributed by atoms with Gasteiger partial charge in [-0.05, 0) is 25.1 Å². The number of benzene rings is 2. The van der Waals surface area contributed by atoms with Crippen molar-refractivity contribution in [3.05, 3.63) is 53.8 Å². The van der Waals surface area contributed by atoms with Gasteiger partial charge in [0.25, 0.3) is 0 Å². The lowest BCUT2D eigenvalue weighted by Gasteiger charge is -2.36. The SMILES string of the molecule is COc1ccc(NC(=O)C2(C)COC(c3ccccc3F)OC2)cc1OC. The summed E-state index contributed by atoms with van der Waals surface area (Å²) in [6.07, 6.45) is -0.826. The fourth-order valence-electron chi connectivity index (χ4n) is 2.78. The Morgan fingerprint density at radius 1 is 1.11 bits per heavy atom. The highest BCUT2D eigenvalue weighted by Crippen LogP contribution is 2.35. The first-order valence-corrected chi connectivity index (χ1v) is 8.48. The zero-order valence-corrected chi connectivity index (χ0v) is 15.5. The van der Waals surface area contributed by atoms with Crippen molar-refractivity contribution in [3.63, 3.8) is 0 Å². The van der Waals surface area contributed by atoms with E-state index >= 15 is 0 Å². The van der Waals surface area contributed by atoms with Gasteiger partial charge in [0, 0.05) is 17.3 Å². The molecule has 0 aliphatic carbocycles. The highest BCUT2D eigenvalue weighted by atomic mass is 19.1. The van der Waals surface area contributed by atoms with Gasteiger partial charge in [0.05, 0.1) is 32.8 Å². The summed E-state index contributed by atoms with van der Waals surface area (Å²) in [5, 5.41) is 2.84. The Morgan fingerprint density at radius 3 is 2.41 bits per heavy atom. The van der Waals surface area contributed by atoms with E-state index in [1.807, 2.05) is 0 Å². The molecule has 1 aliphatic heterocycles. The van der Waals surface area contributed by atoms with Crippen LogP contribution in [0.15, 0.2) is 42.5 Å². The van der Waals surface area contributed by atoms with Gasteiger partial charge < -0.3 is 24.3 Å². The molecule has 7 heteroatoms. The molecule has 27 heavy (non-hydrogen) atoms. The highest BCUT2D eigenvalue weighted by Gasteiger charge is 2.40. The molecule has 1 amide bonds. The van der Waals surface area contributed by atoms with Crippen LogP contribution in [0.2, 0.25) is 0 Å². The zero-order valence-electron chi connectivity index (χ0n) is 15.5. The van der Waals surface area contributed by atoms with Crippen molar-refractivity contribution in [2.45, 2.75) is 13.2 Å². The van der Waals surface area contributed by atoms with Gasteiger partial charge in [-0.15, -0.1) is 0 Å². The predicted molar refractivity (Wildman–Crippen MR) is 97.3 cm³/mol. The van der Waals surface area contributed by atoms with Crippen LogP contribution in [0.25, 0.3) is 0 Å². The molecule has 0 atom stereocenters. The summed E-state index contributed by atoms with van der Waals surface area (Å²) >= 11 is 0. The van der Waals surface area contributed by atoms with Crippen LogP contribution in [0.1, 0.15) is 18.8 Å². The average molecular weight is 375 g/mol. The normalized spacial score (nSPS) is 22.1. The fraction of sp³-hybridized carbons (Fsp3) is 0.350. The lowest BCUT2D eigenvalue weighted by molar-refractivity contribution is -0.227. The van der Waals surface area contributed by atoms with Gasteiger partial charge in [-0.25, -0.2) is 4.39 Å². The van der Waals surface area contributed by atoms with E-state index in [0.717, 1.165) is 0 Å². The number of rotatable bonds is 5. The number of methoxy groups -OCH3 is 2. The van der Waals surface area contributed by atoms with E-state index in [2.05, 4.69) is 5.32 Å². The Kier molecular flexibility index (Phi) is 5.62. The minimum atomic E-state index is -0.908. The van der Waals surface area contributed by atoms with Crippen molar-refractivity contribution in [2.24, 2.45) is 5.41 Å². The molecule has 2 aromatic carbocycles. The number of amides is 1. The Hall–Kier alpha value is -2.64. The number of hydrogen-bond acceptors (Lipinski definition) is 5. The molecule has 0 radical (unpaired) electrons.